The van der Waals surface area contributed by atoms with Gasteiger partial charge in [0.25, 0.3) is 10.0 Å². The molecule has 1 fully saturated rings. The van der Waals surface area contributed by atoms with Crippen LogP contribution in [0.1, 0.15) is 12.5 Å². The van der Waals surface area contributed by atoms with Crippen molar-refractivity contribution in [2.45, 2.75) is 18.5 Å². The first-order chi connectivity index (χ1) is 9.14. The summed E-state index contributed by atoms with van der Waals surface area (Å²) in [4.78, 5) is 4.10. The normalized spacial score (nSPS) is 17.5. The molecule has 1 N–H and O–H groups in total. The minimum atomic E-state index is -3.41. The summed E-state index contributed by atoms with van der Waals surface area (Å²) in [5.74, 6) is 1.72. The van der Waals surface area contributed by atoms with Gasteiger partial charge in [0.15, 0.2) is 5.03 Å². The molecule has 2 heterocycles. The molecule has 0 amide bonds. The predicted molar refractivity (Wildman–Crippen MR) is 77.7 cm³/mol. The summed E-state index contributed by atoms with van der Waals surface area (Å²) in [5, 5.41) is 3.34. The monoisotopic (exact) mass is 301 g/mol. The molecule has 0 aromatic carbocycles. The summed E-state index contributed by atoms with van der Waals surface area (Å²) in [5.41, 5.74) is 0.995. The van der Waals surface area contributed by atoms with Crippen molar-refractivity contribution in [3.63, 3.8) is 0 Å². The van der Waals surface area contributed by atoms with Crippen LogP contribution in [0.5, 0.6) is 0 Å². The predicted octanol–water partition coefficient (Wildman–Crippen LogP) is 0.929. The van der Waals surface area contributed by atoms with E-state index in [0.29, 0.717) is 19.6 Å². The van der Waals surface area contributed by atoms with Gasteiger partial charge < -0.3 is 5.32 Å². The van der Waals surface area contributed by atoms with Crippen molar-refractivity contribution in [2.75, 3.05) is 31.1 Å². The summed E-state index contributed by atoms with van der Waals surface area (Å²) in [7, 11) is -3.41. The zero-order chi connectivity index (χ0) is 13.7. The van der Waals surface area contributed by atoms with Crippen molar-refractivity contribution in [3.05, 3.63) is 23.9 Å². The highest BCUT2D eigenvalue weighted by molar-refractivity contribution is 7.99. The zero-order valence-corrected chi connectivity index (χ0v) is 12.6. The van der Waals surface area contributed by atoms with Crippen molar-refractivity contribution < 1.29 is 8.42 Å². The highest BCUT2D eigenvalue weighted by atomic mass is 32.2. The van der Waals surface area contributed by atoms with E-state index in [1.807, 2.05) is 13.0 Å². The Kier molecular flexibility index (Phi) is 5.20. The average molecular weight is 301 g/mol. The fraction of sp³-hybridized carbons (Fsp3) is 0.583. The van der Waals surface area contributed by atoms with Gasteiger partial charge in [-0.15, -0.1) is 0 Å². The molecule has 5 nitrogen and oxygen atoms in total. The number of nitrogens with one attached hydrogen (secondary N) is 1. The van der Waals surface area contributed by atoms with E-state index in [1.165, 1.54) is 4.31 Å². The van der Waals surface area contributed by atoms with Gasteiger partial charge in [-0.2, -0.15) is 16.1 Å². The molecule has 1 aromatic heterocycles. The molecule has 19 heavy (non-hydrogen) atoms. The van der Waals surface area contributed by atoms with Gasteiger partial charge in [0, 0.05) is 37.3 Å². The van der Waals surface area contributed by atoms with E-state index in [2.05, 4.69) is 10.3 Å². The van der Waals surface area contributed by atoms with Gasteiger partial charge >= 0.3 is 0 Å². The highest BCUT2D eigenvalue weighted by Gasteiger charge is 2.27. The maximum Gasteiger partial charge on any atom is 0.260 e. The van der Waals surface area contributed by atoms with Gasteiger partial charge in [0.1, 0.15) is 0 Å². The molecule has 0 spiro atoms. The molecule has 1 saturated heterocycles. The summed E-state index contributed by atoms with van der Waals surface area (Å²) >= 11 is 1.79. The molecular formula is C12H19N3O2S2. The van der Waals surface area contributed by atoms with E-state index >= 15 is 0 Å². The Hall–Kier alpha value is -0.630. The molecule has 106 valence electrons. The molecule has 1 aliphatic heterocycles. The standard InChI is InChI=1S/C12H19N3O2S2/c1-2-13-9-11-3-4-12(14-10-11)19(16,17)15-5-7-18-8-6-15/h3-4,10,13H,2,5-9H2,1H3. The number of thioether (sulfide) groups is 1. The number of nitrogens with zero attached hydrogens (tertiary/aromatic N) is 2. The summed E-state index contributed by atoms with van der Waals surface area (Å²) in [6, 6.07) is 3.42. The molecule has 0 bridgehead atoms. The summed E-state index contributed by atoms with van der Waals surface area (Å²) in [6.07, 6.45) is 1.63. The Morgan fingerprint density at radius 2 is 2.11 bits per heavy atom. The first-order valence-corrected chi connectivity index (χ1v) is 8.97. The third-order valence-corrected chi connectivity index (χ3v) is 5.71. The molecule has 0 atom stereocenters. The summed E-state index contributed by atoms with van der Waals surface area (Å²) < 4.78 is 26.2. The lowest BCUT2D eigenvalue weighted by Gasteiger charge is -2.25. The second kappa shape index (κ2) is 6.69. The van der Waals surface area contributed by atoms with Gasteiger partial charge in [-0.25, -0.2) is 13.4 Å². The lowest BCUT2D eigenvalue weighted by Crippen LogP contribution is -2.38. The maximum atomic E-state index is 12.4. The van der Waals surface area contributed by atoms with Crippen LogP contribution in [-0.2, 0) is 16.6 Å². The van der Waals surface area contributed by atoms with Crippen LogP contribution < -0.4 is 5.32 Å². The quantitative estimate of drug-likeness (QED) is 0.876. The Bertz CT molecular complexity index is 496. The van der Waals surface area contributed by atoms with E-state index < -0.39 is 10.0 Å². The average Bonchev–Trinajstić information content (AvgIpc) is 2.46. The van der Waals surface area contributed by atoms with Crippen LogP contribution in [0.25, 0.3) is 0 Å². The van der Waals surface area contributed by atoms with Crippen molar-refractivity contribution in [1.82, 2.24) is 14.6 Å². The van der Waals surface area contributed by atoms with Crippen molar-refractivity contribution in [1.29, 1.82) is 0 Å². The van der Waals surface area contributed by atoms with Gasteiger partial charge in [0.05, 0.1) is 0 Å². The van der Waals surface area contributed by atoms with Crippen molar-refractivity contribution in [2.24, 2.45) is 0 Å². The molecule has 7 heteroatoms. The fourth-order valence-electron chi connectivity index (χ4n) is 1.86. The lowest BCUT2D eigenvalue weighted by molar-refractivity contribution is 0.441. The Labute approximate surface area is 118 Å². The molecule has 1 aliphatic rings. The van der Waals surface area contributed by atoms with E-state index in [9.17, 15) is 8.42 Å². The molecule has 1 aromatic rings. The van der Waals surface area contributed by atoms with Gasteiger partial charge in [-0.3, -0.25) is 0 Å². The number of pyridine rings is 1. The zero-order valence-electron chi connectivity index (χ0n) is 11.0. The Morgan fingerprint density at radius 3 is 2.68 bits per heavy atom. The minimum Gasteiger partial charge on any atom is -0.313 e. The van der Waals surface area contributed by atoms with Gasteiger partial charge in [-0.05, 0) is 18.2 Å². The van der Waals surface area contributed by atoms with Crippen LogP contribution in [-0.4, -0.2) is 48.8 Å². The Morgan fingerprint density at radius 1 is 1.37 bits per heavy atom. The number of rotatable bonds is 5. The smallest absolute Gasteiger partial charge is 0.260 e. The molecule has 0 saturated carbocycles. The number of hydrogen-bond acceptors (Lipinski definition) is 5. The molecule has 0 unspecified atom stereocenters. The molecule has 0 aliphatic carbocycles. The van der Waals surface area contributed by atoms with Gasteiger partial charge in [0.2, 0.25) is 0 Å². The third kappa shape index (κ3) is 3.68. The summed E-state index contributed by atoms with van der Waals surface area (Å²) in [6.45, 7) is 4.78. The van der Waals surface area contributed by atoms with Crippen LogP contribution >= 0.6 is 11.8 Å². The van der Waals surface area contributed by atoms with Crippen LogP contribution in [0.4, 0.5) is 0 Å². The number of sulfonamides is 1. The van der Waals surface area contributed by atoms with E-state index in [4.69, 9.17) is 0 Å². The topological polar surface area (TPSA) is 62.3 Å². The van der Waals surface area contributed by atoms with E-state index in [1.54, 1.807) is 24.0 Å². The second-order valence-electron chi connectivity index (χ2n) is 4.30. The van der Waals surface area contributed by atoms with Crippen LogP contribution in [0.15, 0.2) is 23.4 Å². The Balaban J connectivity index is 2.11. The van der Waals surface area contributed by atoms with Crippen molar-refractivity contribution in [3.8, 4) is 0 Å². The van der Waals surface area contributed by atoms with Crippen molar-refractivity contribution >= 4 is 21.8 Å². The lowest BCUT2D eigenvalue weighted by atomic mass is 10.3. The third-order valence-electron chi connectivity index (χ3n) is 2.95. The number of hydrogen-bond donors (Lipinski definition) is 1. The molecule has 0 radical (unpaired) electrons. The fourth-order valence-corrected chi connectivity index (χ4v) is 4.34. The van der Waals surface area contributed by atoms with E-state index in [-0.39, 0.29) is 5.03 Å². The van der Waals surface area contributed by atoms with E-state index in [0.717, 1.165) is 23.6 Å². The highest BCUT2D eigenvalue weighted by Crippen LogP contribution is 2.18. The van der Waals surface area contributed by atoms with Crippen LogP contribution in [0.3, 0.4) is 0 Å². The first kappa shape index (κ1) is 14.8. The SMILES string of the molecule is CCNCc1ccc(S(=O)(=O)N2CCSCC2)nc1. The van der Waals surface area contributed by atoms with Gasteiger partial charge in [-0.1, -0.05) is 13.0 Å². The molecule has 2 rings (SSSR count). The number of aromatic nitrogens is 1. The minimum absolute atomic E-state index is 0.152. The first-order valence-electron chi connectivity index (χ1n) is 6.38. The second-order valence-corrected chi connectivity index (χ2v) is 7.41. The largest absolute Gasteiger partial charge is 0.313 e. The van der Waals surface area contributed by atoms with Crippen LogP contribution in [0.2, 0.25) is 0 Å². The maximum absolute atomic E-state index is 12.4. The molecular weight excluding hydrogens is 282 g/mol. The van der Waals surface area contributed by atoms with Crippen LogP contribution in [0, 0.1) is 0 Å².